The summed E-state index contributed by atoms with van der Waals surface area (Å²) < 4.78 is 5.18. The van der Waals surface area contributed by atoms with Gasteiger partial charge in [0.25, 0.3) is 5.56 Å². The third kappa shape index (κ3) is 3.84. The maximum absolute atomic E-state index is 11.9. The number of nitrogens with zero attached hydrogens (tertiary/aromatic N) is 1. The lowest BCUT2D eigenvalue weighted by atomic mass is 10.1. The standard InChI is InChI=1S/C19H14N2O3/c22-17-13-15(19(21-20-17)14-7-3-1-4-8-14)11-12-18(23)24-16-9-5-2-6-10-16/h1-13H,(H,20,22)/b12-11+. The Hall–Kier alpha value is -3.47. The largest absolute Gasteiger partial charge is 0.423 e. The maximum atomic E-state index is 11.9. The lowest BCUT2D eigenvalue weighted by Crippen LogP contribution is -2.09. The van der Waals surface area contributed by atoms with E-state index in [1.165, 1.54) is 18.2 Å². The van der Waals surface area contributed by atoms with E-state index in [4.69, 9.17) is 4.74 Å². The Morgan fingerprint density at radius 2 is 1.67 bits per heavy atom. The average molecular weight is 318 g/mol. The number of para-hydroxylation sites is 1. The zero-order valence-corrected chi connectivity index (χ0v) is 12.7. The molecule has 0 saturated carbocycles. The molecule has 5 heteroatoms. The molecule has 3 aromatic rings. The van der Waals surface area contributed by atoms with Crippen molar-refractivity contribution in [3.8, 4) is 17.0 Å². The Bertz CT molecular complexity index is 916. The molecule has 2 aromatic carbocycles. The quantitative estimate of drug-likeness (QED) is 0.456. The predicted molar refractivity (Wildman–Crippen MR) is 91.4 cm³/mol. The van der Waals surface area contributed by atoms with Gasteiger partial charge in [-0.25, -0.2) is 9.89 Å². The number of aromatic amines is 1. The fraction of sp³-hybridized carbons (Fsp3) is 0. The van der Waals surface area contributed by atoms with Crippen molar-refractivity contribution in [2.24, 2.45) is 0 Å². The first-order chi connectivity index (χ1) is 11.7. The van der Waals surface area contributed by atoms with E-state index in [-0.39, 0.29) is 5.56 Å². The highest BCUT2D eigenvalue weighted by molar-refractivity contribution is 5.90. The van der Waals surface area contributed by atoms with Crippen LogP contribution in [0, 0.1) is 0 Å². The Labute approximate surface area is 138 Å². The number of benzene rings is 2. The van der Waals surface area contributed by atoms with Crippen LogP contribution in [0.4, 0.5) is 0 Å². The van der Waals surface area contributed by atoms with Crippen molar-refractivity contribution < 1.29 is 9.53 Å². The minimum Gasteiger partial charge on any atom is -0.423 e. The van der Waals surface area contributed by atoms with Crippen LogP contribution in [0.25, 0.3) is 17.3 Å². The van der Waals surface area contributed by atoms with Crippen molar-refractivity contribution >= 4 is 12.0 Å². The Kier molecular flexibility index (Phi) is 4.62. The fourth-order valence-corrected chi connectivity index (χ4v) is 2.17. The number of carbonyl (C=O) groups excluding carboxylic acids is 1. The van der Waals surface area contributed by atoms with Gasteiger partial charge in [-0.1, -0.05) is 48.5 Å². The van der Waals surface area contributed by atoms with Crippen LogP contribution in [0.3, 0.4) is 0 Å². The second-order valence-corrected chi connectivity index (χ2v) is 4.97. The van der Waals surface area contributed by atoms with Gasteiger partial charge in [-0.2, -0.15) is 5.10 Å². The molecule has 0 fully saturated rings. The van der Waals surface area contributed by atoms with Gasteiger partial charge in [-0.3, -0.25) is 4.79 Å². The van der Waals surface area contributed by atoms with Gasteiger partial charge in [0, 0.05) is 23.3 Å². The first kappa shape index (κ1) is 15.4. The van der Waals surface area contributed by atoms with Crippen molar-refractivity contribution in [1.29, 1.82) is 0 Å². The summed E-state index contributed by atoms with van der Waals surface area (Å²) >= 11 is 0. The summed E-state index contributed by atoms with van der Waals surface area (Å²) in [5.41, 5.74) is 1.62. The third-order valence-electron chi connectivity index (χ3n) is 3.25. The van der Waals surface area contributed by atoms with E-state index in [0.717, 1.165) is 5.56 Å². The minimum absolute atomic E-state index is 0.342. The normalized spacial score (nSPS) is 10.7. The van der Waals surface area contributed by atoms with E-state index in [9.17, 15) is 9.59 Å². The second kappa shape index (κ2) is 7.19. The van der Waals surface area contributed by atoms with E-state index in [1.807, 2.05) is 36.4 Å². The first-order valence-electron chi connectivity index (χ1n) is 7.32. The zero-order chi connectivity index (χ0) is 16.8. The molecule has 1 N–H and O–H groups in total. The van der Waals surface area contributed by atoms with Crippen LogP contribution >= 0.6 is 0 Å². The number of hydrogen-bond donors (Lipinski definition) is 1. The van der Waals surface area contributed by atoms with Crippen LogP contribution in [-0.2, 0) is 4.79 Å². The van der Waals surface area contributed by atoms with Crippen molar-refractivity contribution in [2.75, 3.05) is 0 Å². The van der Waals surface area contributed by atoms with Gasteiger partial charge in [-0.05, 0) is 18.2 Å². The highest BCUT2D eigenvalue weighted by atomic mass is 16.5. The molecule has 0 radical (unpaired) electrons. The van der Waals surface area contributed by atoms with E-state index >= 15 is 0 Å². The van der Waals surface area contributed by atoms with Crippen LogP contribution in [0.1, 0.15) is 5.56 Å². The summed E-state index contributed by atoms with van der Waals surface area (Å²) in [6, 6.07) is 19.6. The van der Waals surface area contributed by atoms with E-state index in [0.29, 0.717) is 17.0 Å². The molecule has 0 aliphatic heterocycles. The number of hydrogen-bond acceptors (Lipinski definition) is 4. The Morgan fingerprint density at radius 1 is 1.00 bits per heavy atom. The van der Waals surface area contributed by atoms with Crippen LogP contribution in [-0.4, -0.2) is 16.2 Å². The molecule has 0 aliphatic carbocycles. The molecule has 118 valence electrons. The van der Waals surface area contributed by atoms with Crippen LogP contribution in [0.5, 0.6) is 5.75 Å². The Balaban J connectivity index is 1.85. The summed E-state index contributed by atoms with van der Waals surface area (Å²) in [5, 5.41) is 6.48. The lowest BCUT2D eigenvalue weighted by Gasteiger charge is -2.04. The molecule has 0 amide bonds. The molecule has 24 heavy (non-hydrogen) atoms. The molecule has 0 bridgehead atoms. The van der Waals surface area contributed by atoms with Gasteiger partial charge in [-0.15, -0.1) is 0 Å². The van der Waals surface area contributed by atoms with Crippen molar-refractivity contribution in [1.82, 2.24) is 10.2 Å². The summed E-state index contributed by atoms with van der Waals surface area (Å²) in [4.78, 5) is 23.4. The number of carbonyl (C=O) groups is 1. The van der Waals surface area contributed by atoms with Gasteiger partial charge in [0.05, 0.1) is 5.69 Å². The zero-order valence-electron chi connectivity index (χ0n) is 12.7. The molecule has 1 aromatic heterocycles. The number of nitrogens with one attached hydrogen (secondary N) is 1. The first-order valence-corrected chi connectivity index (χ1v) is 7.32. The topological polar surface area (TPSA) is 72.0 Å². The van der Waals surface area contributed by atoms with Gasteiger partial charge in [0.1, 0.15) is 5.75 Å². The van der Waals surface area contributed by atoms with Crippen LogP contribution in [0.15, 0.2) is 77.6 Å². The molecule has 1 heterocycles. The molecular weight excluding hydrogens is 304 g/mol. The highest BCUT2D eigenvalue weighted by Crippen LogP contribution is 2.20. The van der Waals surface area contributed by atoms with E-state index in [1.54, 1.807) is 24.3 Å². The molecule has 0 spiro atoms. The molecule has 0 unspecified atom stereocenters. The Morgan fingerprint density at radius 3 is 2.38 bits per heavy atom. The molecule has 0 aliphatic rings. The number of esters is 1. The van der Waals surface area contributed by atoms with Crippen LogP contribution < -0.4 is 10.3 Å². The van der Waals surface area contributed by atoms with Crippen molar-refractivity contribution in [2.45, 2.75) is 0 Å². The molecule has 0 atom stereocenters. The molecule has 5 nitrogen and oxygen atoms in total. The number of ether oxygens (including phenoxy) is 1. The summed E-state index contributed by atoms with van der Waals surface area (Å²) in [6.45, 7) is 0. The predicted octanol–water partition coefficient (Wildman–Crippen LogP) is 3.06. The number of H-pyrrole nitrogens is 1. The SMILES string of the molecule is O=C(/C=C/c1cc(=O)[nH]nc1-c1ccccc1)Oc1ccccc1. The average Bonchev–Trinajstić information content (AvgIpc) is 2.62. The molecule has 3 rings (SSSR count). The molecule has 0 saturated heterocycles. The summed E-state index contributed by atoms with van der Waals surface area (Å²) in [5.74, 6) is -0.0695. The smallest absolute Gasteiger partial charge is 0.336 e. The van der Waals surface area contributed by atoms with Gasteiger partial charge < -0.3 is 4.74 Å². The lowest BCUT2D eigenvalue weighted by molar-refractivity contribution is -0.128. The third-order valence-corrected chi connectivity index (χ3v) is 3.25. The van der Waals surface area contributed by atoms with E-state index < -0.39 is 5.97 Å². The number of rotatable bonds is 4. The summed E-state index contributed by atoms with van der Waals surface area (Å²) in [7, 11) is 0. The van der Waals surface area contributed by atoms with Gasteiger partial charge >= 0.3 is 5.97 Å². The second-order valence-electron chi connectivity index (χ2n) is 4.97. The van der Waals surface area contributed by atoms with Gasteiger partial charge in [0.2, 0.25) is 0 Å². The maximum Gasteiger partial charge on any atom is 0.336 e. The highest BCUT2D eigenvalue weighted by Gasteiger charge is 2.07. The number of aromatic nitrogens is 2. The van der Waals surface area contributed by atoms with Crippen LogP contribution in [0.2, 0.25) is 0 Å². The fourth-order valence-electron chi connectivity index (χ4n) is 2.17. The van der Waals surface area contributed by atoms with E-state index in [2.05, 4.69) is 10.2 Å². The van der Waals surface area contributed by atoms with Gasteiger partial charge in [0.15, 0.2) is 0 Å². The van der Waals surface area contributed by atoms with Crippen molar-refractivity contribution in [3.05, 3.63) is 88.7 Å². The summed E-state index contributed by atoms with van der Waals surface area (Å²) in [6.07, 6.45) is 2.80. The monoisotopic (exact) mass is 318 g/mol. The van der Waals surface area contributed by atoms with Crippen molar-refractivity contribution in [3.63, 3.8) is 0 Å². The minimum atomic E-state index is -0.527. The molecular formula is C19H14N2O3.